The number of nitrogens with zero attached hydrogens (tertiary/aromatic N) is 2. The van der Waals surface area contributed by atoms with E-state index in [4.69, 9.17) is 4.74 Å². The lowest BCUT2D eigenvalue weighted by Gasteiger charge is -2.28. The molecule has 0 unspecified atom stereocenters. The van der Waals surface area contributed by atoms with Crippen molar-refractivity contribution in [2.24, 2.45) is 0 Å². The van der Waals surface area contributed by atoms with Gasteiger partial charge in [-0.2, -0.15) is 0 Å². The van der Waals surface area contributed by atoms with Crippen molar-refractivity contribution < 1.29 is 14.3 Å². The Bertz CT molecular complexity index is 1320. The van der Waals surface area contributed by atoms with Crippen LogP contribution in [0.4, 0.5) is 10.5 Å². The highest BCUT2D eigenvalue weighted by Gasteiger charge is 2.22. The fraction of sp³-hybridized carbons (Fsp3) is 0.267. The molecule has 1 heterocycles. The number of amides is 3. The highest BCUT2D eigenvalue weighted by Crippen LogP contribution is 2.20. The van der Waals surface area contributed by atoms with Crippen molar-refractivity contribution >= 4 is 40.3 Å². The number of hydrogen-bond acceptors (Lipinski definition) is 4. The molecule has 3 aromatic carbocycles. The van der Waals surface area contributed by atoms with E-state index >= 15 is 0 Å². The minimum atomic E-state index is -0.330. The summed E-state index contributed by atoms with van der Waals surface area (Å²) in [6, 6.07) is 25.4. The van der Waals surface area contributed by atoms with Crippen LogP contribution < -0.4 is 5.32 Å². The Kier molecular flexibility index (Phi) is 9.84. The number of anilines is 1. The van der Waals surface area contributed by atoms with Gasteiger partial charge in [0.1, 0.15) is 6.54 Å². The summed E-state index contributed by atoms with van der Waals surface area (Å²) in [6.45, 7) is 1.60. The van der Waals surface area contributed by atoms with E-state index in [9.17, 15) is 9.59 Å². The molecule has 0 aliphatic rings. The molecule has 0 fully saturated rings. The molecule has 0 bridgehead atoms. The van der Waals surface area contributed by atoms with Crippen molar-refractivity contribution in [2.45, 2.75) is 17.9 Å². The minimum absolute atomic E-state index is 0.0429. The summed E-state index contributed by atoms with van der Waals surface area (Å²) in [7, 11) is 1.59. The topological polar surface area (TPSA) is 77.7 Å². The van der Waals surface area contributed by atoms with Crippen molar-refractivity contribution in [2.75, 3.05) is 44.9 Å². The lowest BCUT2D eigenvalue weighted by molar-refractivity contribution is -0.132. The van der Waals surface area contributed by atoms with E-state index in [1.165, 1.54) is 4.90 Å². The first kappa shape index (κ1) is 27.3. The third-order valence-corrected chi connectivity index (χ3v) is 7.16. The van der Waals surface area contributed by atoms with Crippen molar-refractivity contribution in [1.29, 1.82) is 0 Å². The average Bonchev–Trinajstić information content (AvgIpc) is 3.37. The number of hydrogen-bond donors (Lipinski definition) is 2. The quantitative estimate of drug-likeness (QED) is 0.232. The first-order valence-corrected chi connectivity index (χ1v) is 13.9. The monoisotopic (exact) mass is 530 g/mol. The lowest BCUT2D eigenvalue weighted by Crippen LogP contribution is -2.46. The Labute approximate surface area is 228 Å². The molecule has 0 radical (unpaired) electrons. The second kappa shape index (κ2) is 13.7. The van der Waals surface area contributed by atoms with E-state index in [-0.39, 0.29) is 18.5 Å². The number of aromatic nitrogens is 1. The molecule has 0 aliphatic heterocycles. The largest absolute Gasteiger partial charge is 0.383 e. The number of carbonyl (C=O) groups is 2. The molecule has 7 nitrogen and oxygen atoms in total. The van der Waals surface area contributed by atoms with Crippen LogP contribution in [-0.4, -0.2) is 66.3 Å². The highest BCUT2D eigenvalue weighted by molar-refractivity contribution is 7.98. The molecule has 38 heavy (non-hydrogen) atoms. The second-order valence-corrected chi connectivity index (χ2v) is 9.86. The summed E-state index contributed by atoms with van der Waals surface area (Å²) in [5.74, 6) is -0.113. The Balaban J connectivity index is 1.48. The number of benzene rings is 3. The molecule has 4 aromatic rings. The van der Waals surface area contributed by atoms with Gasteiger partial charge in [0, 0.05) is 54.4 Å². The summed E-state index contributed by atoms with van der Waals surface area (Å²) in [5.41, 5.74) is 3.97. The van der Waals surface area contributed by atoms with Gasteiger partial charge in [-0.25, -0.2) is 4.79 Å². The van der Waals surface area contributed by atoms with Crippen LogP contribution in [0.15, 0.2) is 90.0 Å². The van der Waals surface area contributed by atoms with Crippen molar-refractivity contribution in [3.8, 4) is 0 Å². The first-order chi connectivity index (χ1) is 18.6. The van der Waals surface area contributed by atoms with Crippen LogP contribution in [0, 0.1) is 0 Å². The molecule has 0 spiro atoms. The number of aromatic amines is 1. The molecule has 0 aliphatic carbocycles. The molecular weight excluding hydrogens is 496 g/mol. The number of thioether (sulfide) groups is 1. The van der Waals surface area contributed by atoms with Crippen LogP contribution in [0.25, 0.3) is 10.9 Å². The van der Waals surface area contributed by atoms with Crippen LogP contribution in [0.1, 0.15) is 11.1 Å². The average molecular weight is 531 g/mol. The fourth-order valence-corrected chi connectivity index (χ4v) is 4.69. The standard InChI is InChI=1S/C30H34N4O3S/c1-37-19-18-34(30(36)32-25-12-14-26(38-2)15-13-25)22-29(35)33(21-23-8-4-3-5-9-23)17-16-24-20-31-28-11-7-6-10-27(24)28/h3-15,20,31H,16-19,21-22H2,1-2H3,(H,32,36). The van der Waals surface area contributed by atoms with E-state index in [2.05, 4.69) is 16.4 Å². The SMILES string of the molecule is COCCN(CC(=O)N(CCc1c[nH]c2ccccc12)Cc1ccccc1)C(=O)Nc1ccc(SC)cc1. The minimum Gasteiger partial charge on any atom is -0.383 e. The number of carbonyl (C=O) groups excluding carboxylic acids is 2. The van der Waals surface area contributed by atoms with E-state index in [1.807, 2.05) is 90.1 Å². The van der Waals surface area contributed by atoms with E-state index in [0.29, 0.717) is 38.3 Å². The predicted molar refractivity (Wildman–Crippen MR) is 155 cm³/mol. The van der Waals surface area contributed by atoms with Gasteiger partial charge >= 0.3 is 6.03 Å². The van der Waals surface area contributed by atoms with Gasteiger partial charge in [0.25, 0.3) is 0 Å². The fourth-order valence-electron chi connectivity index (χ4n) is 4.28. The first-order valence-electron chi connectivity index (χ1n) is 12.6. The molecule has 1 aromatic heterocycles. The summed E-state index contributed by atoms with van der Waals surface area (Å²) < 4.78 is 5.23. The highest BCUT2D eigenvalue weighted by atomic mass is 32.2. The Morgan fingerprint density at radius 3 is 2.39 bits per heavy atom. The van der Waals surface area contributed by atoms with E-state index in [1.54, 1.807) is 18.9 Å². The molecule has 3 amide bonds. The zero-order chi connectivity index (χ0) is 26.7. The summed E-state index contributed by atoms with van der Waals surface area (Å²) >= 11 is 1.64. The molecule has 0 saturated carbocycles. The molecule has 0 saturated heterocycles. The van der Waals surface area contributed by atoms with E-state index < -0.39 is 0 Å². The van der Waals surface area contributed by atoms with Gasteiger partial charge in [0.2, 0.25) is 5.91 Å². The molecule has 8 heteroatoms. The zero-order valence-electron chi connectivity index (χ0n) is 21.9. The Hall–Kier alpha value is -3.75. The van der Waals surface area contributed by atoms with E-state index in [0.717, 1.165) is 26.9 Å². The summed E-state index contributed by atoms with van der Waals surface area (Å²) in [4.78, 5) is 34.6. The predicted octanol–water partition coefficient (Wildman–Crippen LogP) is 5.64. The Morgan fingerprint density at radius 1 is 0.921 bits per heavy atom. The smallest absolute Gasteiger partial charge is 0.322 e. The van der Waals surface area contributed by atoms with Gasteiger partial charge in [-0.1, -0.05) is 48.5 Å². The Morgan fingerprint density at radius 2 is 1.66 bits per heavy atom. The molecule has 2 N–H and O–H groups in total. The molecule has 0 atom stereocenters. The number of H-pyrrole nitrogens is 1. The van der Waals surface area contributed by atoms with Crippen LogP contribution in [0.5, 0.6) is 0 Å². The van der Waals surface area contributed by atoms with Gasteiger partial charge < -0.3 is 24.8 Å². The van der Waals surface area contributed by atoms with Crippen LogP contribution in [0.3, 0.4) is 0 Å². The van der Waals surface area contributed by atoms with Crippen LogP contribution >= 0.6 is 11.8 Å². The number of methoxy groups -OCH3 is 1. The maximum atomic E-state index is 13.6. The van der Waals surface area contributed by atoms with Crippen molar-refractivity contribution in [3.05, 3.63) is 96.2 Å². The zero-order valence-corrected chi connectivity index (χ0v) is 22.7. The maximum Gasteiger partial charge on any atom is 0.322 e. The van der Waals surface area contributed by atoms with Crippen LogP contribution in [0.2, 0.25) is 0 Å². The number of rotatable bonds is 12. The third-order valence-electron chi connectivity index (χ3n) is 6.41. The molecule has 198 valence electrons. The second-order valence-electron chi connectivity index (χ2n) is 8.98. The van der Waals surface area contributed by atoms with Crippen molar-refractivity contribution in [3.63, 3.8) is 0 Å². The van der Waals surface area contributed by atoms with Gasteiger partial charge in [-0.3, -0.25) is 4.79 Å². The number of nitrogens with one attached hydrogen (secondary N) is 2. The number of urea groups is 1. The summed E-state index contributed by atoms with van der Waals surface area (Å²) in [5, 5.41) is 4.08. The van der Waals surface area contributed by atoms with Gasteiger partial charge in [-0.05, 0) is 54.1 Å². The normalized spacial score (nSPS) is 10.9. The maximum absolute atomic E-state index is 13.6. The number of ether oxygens (including phenoxy) is 1. The number of fused-ring (bicyclic) bond motifs is 1. The molecular formula is C30H34N4O3S. The number of para-hydroxylation sites is 1. The van der Waals surface area contributed by atoms with Gasteiger partial charge in [0.05, 0.1) is 6.61 Å². The molecule has 4 rings (SSSR count). The van der Waals surface area contributed by atoms with Gasteiger partial charge in [0.15, 0.2) is 0 Å². The van der Waals surface area contributed by atoms with Crippen molar-refractivity contribution in [1.82, 2.24) is 14.8 Å². The third kappa shape index (κ3) is 7.40. The van der Waals surface area contributed by atoms with Crippen LogP contribution in [-0.2, 0) is 22.5 Å². The lowest BCUT2D eigenvalue weighted by atomic mass is 10.1. The van der Waals surface area contributed by atoms with Gasteiger partial charge in [-0.15, -0.1) is 11.8 Å². The summed E-state index contributed by atoms with van der Waals surface area (Å²) in [6.07, 6.45) is 4.72.